The number of aromatic nitrogens is 1. The largest absolute Gasteiger partial charge is 0.312 e. The van der Waals surface area contributed by atoms with Crippen LogP contribution in [0.25, 0.3) is 10.9 Å². The summed E-state index contributed by atoms with van der Waals surface area (Å²) in [4.78, 5) is 5.85. The van der Waals surface area contributed by atoms with Gasteiger partial charge in [0, 0.05) is 29.0 Å². The molecule has 0 aliphatic rings. The van der Waals surface area contributed by atoms with Crippen LogP contribution in [0.1, 0.15) is 16.1 Å². The number of benzene rings is 1. The molecule has 0 saturated heterocycles. The lowest BCUT2D eigenvalue weighted by atomic mass is 10.1. The third-order valence-electron chi connectivity index (χ3n) is 3.40. The predicted octanol–water partition coefficient (Wildman–Crippen LogP) is 4.59. The molecule has 0 radical (unpaired) electrons. The van der Waals surface area contributed by atoms with Gasteiger partial charge in [-0.1, -0.05) is 23.7 Å². The van der Waals surface area contributed by atoms with E-state index < -0.39 is 0 Å². The second-order valence-electron chi connectivity index (χ2n) is 5.11. The van der Waals surface area contributed by atoms with Gasteiger partial charge < -0.3 is 5.32 Å². The summed E-state index contributed by atoms with van der Waals surface area (Å²) < 4.78 is 0.863. The molecular weight excluding hydrogens is 300 g/mol. The number of nitrogens with one attached hydrogen (secondary N) is 1. The van der Waals surface area contributed by atoms with Crippen molar-refractivity contribution < 1.29 is 0 Å². The number of nitrogens with zero attached hydrogens (tertiary/aromatic N) is 1. The fourth-order valence-corrected chi connectivity index (χ4v) is 3.40. The van der Waals surface area contributed by atoms with Crippen LogP contribution in [0.3, 0.4) is 0 Å². The average Bonchev–Trinajstić information content (AvgIpc) is 2.89. The molecule has 0 saturated carbocycles. The number of hydrogen-bond acceptors (Lipinski definition) is 3. The molecule has 0 fully saturated rings. The molecule has 1 N–H and O–H groups in total. The van der Waals surface area contributed by atoms with Crippen LogP contribution in [0.5, 0.6) is 0 Å². The minimum atomic E-state index is 0.863. The Bertz CT molecular complexity index is 751. The van der Waals surface area contributed by atoms with Crippen molar-refractivity contribution in [1.29, 1.82) is 0 Å². The van der Waals surface area contributed by atoms with Crippen LogP contribution in [0.4, 0.5) is 0 Å². The van der Waals surface area contributed by atoms with Crippen LogP contribution < -0.4 is 5.32 Å². The fraction of sp³-hybridized carbons (Fsp3) is 0.235. The predicted molar refractivity (Wildman–Crippen MR) is 91.2 cm³/mol. The van der Waals surface area contributed by atoms with Gasteiger partial charge in [0.15, 0.2) is 0 Å². The van der Waals surface area contributed by atoms with E-state index in [9.17, 15) is 0 Å². The van der Waals surface area contributed by atoms with Crippen molar-refractivity contribution in [3.8, 4) is 0 Å². The van der Waals surface area contributed by atoms with Gasteiger partial charge in [0.05, 0.1) is 9.85 Å². The van der Waals surface area contributed by atoms with Crippen LogP contribution in [0.2, 0.25) is 4.34 Å². The number of halogens is 1. The van der Waals surface area contributed by atoms with Crippen molar-refractivity contribution in [2.45, 2.75) is 19.9 Å². The molecule has 3 aromatic rings. The van der Waals surface area contributed by atoms with Gasteiger partial charge in [-0.2, -0.15) is 0 Å². The lowest BCUT2D eigenvalue weighted by molar-refractivity contribution is 0.691. The van der Waals surface area contributed by atoms with Crippen molar-refractivity contribution in [3.05, 3.63) is 62.9 Å². The van der Waals surface area contributed by atoms with Gasteiger partial charge in [-0.15, -0.1) is 11.3 Å². The summed E-state index contributed by atoms with van der Waals surface area (Å²) >= 11 is 7.58. The molecule has 0 amide bonds. The number of hydrogen-bond donors (Lipinski definition) is 1. The maximum absolute atomic E-state index is 5.93. The zero-order valence-electron chi connectivity index (χ0n) is 11.9. The van der Waals surface area contributed by atoms with E-state index in [-0.39, 0.29) is 0 Å². The summed E-state index contributed by atoms with van der Waals surface area (Å²) in [5.74, 6) is 0. The van der Waals surface area contributed by atoms with Gasteiger partial charge in [0.25, 0.3) is 0 Å². The van der Waals surface area contributed by atoms with E-state index in [0.29, 0.717) is 0 Å². The van der Waals surface area contributed by atoms with Gasteiger partial charge in [-0.25, -0.2) is 0 Å². The summed E-state index contributed by atoms with van der Waals surface area (Å²) in [5.41, 5.74) is 3.41. The van der Waals surface area contributed by atoms with E-state index in [1.54, 1.807) is 11.3 Å². The molecule has 1 aromatic carbocycles. The zero-order chi connectivity index (χ0) is 14.7. The van der Waals surface area contributed by atoms with Gasteiger partial charge >= 0.3 is 0 Å². The topological polar surface area (TPSA) is 24.9 Å². The number of fused-ring (bicyclic) bond motifs is 1. The number of thiophene rings is 1. The Morgan fingerprint density at radius 3 is 2.86 bits per heavy atom. The lowest BCUT2D eigenvalue weighted by Crippen LogP contribution is -2.16. The molecule has 2 heterocycles. The van der Waals surface area contributed by atoms with Crippen molar-refractivity contribution in [1.82, 2.24) is 10.3 Å². The maximum Gasteiger partial charge on any atom is 0.0931 e. The third-order valence-corrected chi connectivity index (χ3v) is 4.69. The Hall–Kier alpha value is -1.42. The highest BCUT2D eigenvalue weighted by molar-refractivity contribution is 7.16. The molecule has 0 aliphatic heterocycles. The number of pyridine rings is 1. The standard InChI is InChI=1S/C17H17ClN2S/c1-12-2-4-14-10-13(3-6-16(14)20-12)11-19-9-8-15-5-7-17(18)21-15/h2-7,10,19H,8-9,11H2,1H3. The minimum Gasteiger partial charge on any atom is -0.312 e. The Morgan fingerprint density at radius 2 is 2.05 bits per heavy atom. The fourth-order valence-electron chi connectivity index (χ4n) is 2.32. The first-order valence-electron chi connectivity index (χ1n) is 7.02. The number of aryl methyl sites for hydroxylation is 1. The Morgan fingerprint density at radius 1 is 1.14 bits per heavy atom. The summed E-state index contributed by atoms with van der Waals surface area (Å²) in [6.07, 6.45) is 1.02. The van der Waals surface area contributed by atoms with Gasteiger partial charge in [0.1, 0.15) is 0 Å². The van der Waals surface area contributed by atoms with E-state index in [1.807, 2.05) is 13.0 Å². The van der Waals surface area contributed by atoms with Crippen LogP contribution in [-0.2, 0) is 13.0 Å². The third kappa shape index (κ3) is 3.82. The van der Waals surface area contributed by atoms with E-state index >= 15 is 0 Å². The molecular formula is C17H17ClN2S. The molecule has 0 atom stereocenters. The van der Waals surface area contributed by atoms with Gasteiger partial charge in [-0.3, -0.25) is 4.98 Å². The van der Waals surface area contributed by atoms with Crippen molar-refractivity contribution in [2.75, 3.05) is 6.54 Å². The van der Waals surface area contributed by atoms with Crippen LogP contribution in [0, 0.1) is 6.92 Å². The average molecular weight is 317 g/mol. The molecule has 2 nitrogen and oxygen atoms in total. The van der Waals surface area contributed by atoms with Crippen LogP contribution in [0.15, 0.2) is 42.5 Å². The van der Waals surface area contributed by atoms with Crippen molar-refractivity contribution >= 4 is 33.8 Å². The second kappa shape index (κ2) is 6.56. The highest BCUT2D eigenvalue weighted by atomic mass is 35.5. The normalized spacial score (nSPS) is 11.1. The molecule has 3 rings (SSSR count). The zero-order valence-corrected chi connectivity index (χ0v) is 13.5. The van der Waals surface area contributed by atoms with Crippen molar-refractivity contribution in [2.24, 2.45) is 0 Å². The summed E-state index contributed by atoms with van der Waals surface area (Å²) in [6.45, 7) is 3.86. The molecule has 0 aliphatic carbocycles. The van der Waals surface area contributed by atoms with E-state index in [2.05, 4.69) is 46.7 Å². The summed E-state index contributed by atoms with van der Waals surface area (Å²) in [5, 5.41) is 4.68. The Balaban J connectivity index is 1.56. The Kier molecular flexibility index (Phi) is 4.54. The molecule has 0 unspecified atom stereocenters. The van der Waals surface area contributed by atoms with E-state index in [0.717, 1.165) is 35.1 Å². The van der Waals surface area contributed by atoms with E-state index in [4.69, 9.17) is 11.6 Å². The molecule has 4 heteroatoms. The molecule has 0 spiro atoms. The SMILES string of the molecule is Cc1ccc2cc(CNCCc3ccc(Cl)s3)ccc2n1. The maximum atomic E-state index is 5.93. The first-order chi connectivity index (χ1) is 10.2. The first-order valence-corrected chi connectivity index (χ1v) is 8.21. The highest BCUT2D eigenvalue weighted by Crippen LogP contribution is 2.21. The summed E-state index contributed by atoms with van der Waals surface area (Å²) in [6, 6.07) is 14.7. The lowest BCUT2D eigenvalue weighted by Gasteiger charge is -2.06. The monoisotopic (exact) mass is 316 g/mol. The van der Waals surface area contributed by atoms with Crippen molar-refractivity contribution in [3.63, 3.8) is 0 Å². The smallest absolute Gasteiger partial charge is 0.0931 e. The summed E-state index contributed by atoms with van der Waals surface area (Å²) in [7, 11) is 0. The number of rotatable bonds is 5. The van der Waals surface area contributed by atoms with Crippen LogP contribution >= 0.6 is 22.9 Å². The van der Waals surface area contributed by atoms with E-state index in [1.165, 1.54) is 15.8 Å². The molecule has 108 valence electrons. The molecule has 21 heavy (non-hydrogen) atoms. The molecule has 2 aromatic heterocycles. The van der Waals surface area contributed by atoms with Gasteiger partial charge in [-0.05, 0) is 49.2 Å². The second-order valence-corrected chi connectivity index (χ2v) is 6.91. The first kappa shape index (κ1) is 14.5. The highest BCUT2D eigenvalue weighted by Gasteiger charge is 2.00. The quantitative estimate of drug-likeness (QED) is 0.696. The Labute approximate surface area is 133 Å². The minimum absolute atomic E-state index is 0.863. The van der Waals surface area contributed by atoms with Gasteiger partial charge in [0.2, 0.25) is 0 Å². The molecule has 0 bridgehead atoms. The van der Waals surface area contributed by atoms with Crippen LogP contribution in [-0.4, -0.2) is 11.5 Å².